The van der Waals surface area contributed by atoms with Gasteiger partial charge < -0.3 is 5.32 Å². The molecular weight excluding hydrogens is 370 g/mol. The molecule has 27 heavy (non-hydrogen) atoms. The lowest BCUT2D eigenvalue weighted by Gasteiger charge is -2.08. The highest BCUT2D eigenvalue weighted by molar-refractivity contribution is 8.15. The molecule has 1 fully saturated rings. The summed E-state index contributed by atoms with van der Waals surface area (Å²) in [6.45, 7) is 0.0404. The van der Waals surface area contributed by atoms with Gasteiger partial charge in [-0.05, 0) is 24.1 Å². The lowest BCUT2D eigenvalue weighted by Crippen LogP contribution is -2.25. The van der Waals surface area contributed by atoms with Crippen LogP contribution in [0.2, 0.25) is 0 Å². The van der Waals surface area contributed by atoms with Crippen LogP contribution in [0.25, 0.3) is 0 Å². The first-order valence-corrected chi connectivity index (χ1v) is 8.93. The van der Waals surface area contributed by atoms with Crippen LogP contribution in [-0.4, -0.2) is 27.2 Å². The van der Waals surface area contributed by atoms with Crippen molar-refractivity contribution in [3.05, 3.63) is 75.3 Å². The monoisotopic (exact) mass is 385 g/mol. The molecule has 138 valence electrons. The van der Waals surface area contributed by atoms with Gasteiger partial charge in [0.15, 0.2) is 0 Å². The topological polar surface area (TPSA) is 118 Å². The molecule has 8 nitrogen and oxygen atoms in total. The van der Waals surface area contributed by atoms with Gasteiger partial charge in [0, 0.05) is 23.7 Å². The van der Waals surface area contributed by atoms with Crippen LogP contribution in [0.4, 0.5) is 10.5 Å². The molecule has 1 aliphatic rings. The smallest absolute Gasteiger partial charge is 0.286 e. The minimum atomic E-state index is -0.488. The minimum Gasteiger partial charge on any atom is -0.348 e. The van der Waals surface area contributed by atoms with Crippen molar-refractivity contribution < 1.29 is 19.3 Å². The van der Waals surface area contributed by atoms with Crippen molar-refractivity contribution >= 4 is 34.5 Å². The first-order chi connectivity index (χ1) is 12.9. The molecule has 0 aliphatic carbocycles. The van der Waals surface area contributed by atoms with E-state index in [0.717, 1.165) is 17.3 Å². The van der Waals surface area contributed by atoms with Gasteiger partial charge in [-0.2, -0.15) is 0 Å². The Morgan fingerprint density at radius 3 is 2.48 bits per heavy atom. The van der Waals surface area contributed by atoms with Gasteiger partial charge in [-0.3, -0.25) is 29.8 Å². The number of hydrogen-bond acceptors (Lipinski definition) is 6. The number of nitrogens with one attached hydrogen (secondary N) is 2. The van der Waals surface area contributed by atoms with Crippen molar-refractivity contribution in [2.45, 2.75) is 18.2 Å². The zero-order valence-electron chi connectivity index (χ0n) is 14.0. The number of para-hydroxylation sites is 1. The van der Waals surface area contributed by atoms with Crippen LogP contribution in [0.5, 0.6) is 0 Å². The zero-order chi connectivity index (χ0) is 19.4. The standard InChI is InChI=1S/C18H15N3O5S/c22-16(19-10-13-3-1-2-4-14(13)21(25)26)12-7-5-11(6-8-12)9-15-17(23)20-18(24)27-15/h1-8,15H,9-10H2,(H,19,22)(H,20,23,24). The fourth-order valence-electron chi connectivity index (χ4n) is 2.65. The molecule has 1 unspecified atom stereocenters. The number of nitro groups is 1. The highest BCUT2D eigenvalue weighted by Gasteiger charge is 2.31. The maximum absolute atomic E-state index is 12.3. The van der Waals surface area contributed by atoms with Crippen LogP contribution in [-0.2, 0) is 17.8 Å². The molecule has 0 saturated carbocycles. The maximum atomic E-state index is 12.3. The van der Waals surface area contributed by atoms with Crippen LogP contribution in [0, 0.1) is 10.1 Å². The number of rotatable bonds is 6. The summed E-state index contributed by atoms with van der Waals surface area (Å²) < 4.78 is 0. The lowest BCUT2D eigenvalue weighted by molar-refractivity contribution is -0.385. The van der Waals surface area contributed by atoms with Crippen molar-refractivity contribution in [3.63, 3.8) is 0 Å². The van der Waals surface area contributed by atoms with E-state index >= 15 is 0 Å². The summed E-state index contributed by atoms with van der Waals surface area (Å²) in [5.74, 6) is -0.667. The molecule has 0 spiro atoms. The number of hydrogen-bond donors (Lipinski definition) is 2. The van der Waals surface area contributed by atoms with E-state index in [2.05, 4.69) is 10.6 Å². The summed E-state index contributed by atoms with van der Waals surface area (Å²) >= 11 is 0.954. The van der Waals surface area contributed by atoms with Gasteiger partial charge in [-0.1, -0.05) is 42.1 Å². The summed E-state index contributed by atoms with van der Waals surface area (Å²) in [6, 6.07) is 12.9. The largest absolute Gasteiger partial charge is 0.348 e. The third kappa shape index (κ3) is 4.50. The average Bonchev–Trinajstić information content (AvgIpc) is 2.97. The van der Waals surface area contributed by atoms with Crippen LogP contribution in [0.15, 0.2) is 48.5 Å². The van der Waals surface area contributed by atoms with Crippen molar-refractivity contribution in [1.29, 1.82) is 0 Å². The number of thioether (sulfide) groups is 1. The summed E-state index contributed by atoms with van der Waals surface area (Å²) in [5.41, 5.74) is 1.60. The molecule has 3 amide bonds. The van der Waals surface area contributed by atoms with Gasteiger partial charge in [0.25, 0.3) is 16.8 Å². The highest BCUT2D eigenvalue weighted by Crippen LogP contribution is 2.23. The fraction of sp³-hybridized carbons (Fsp3) is 0.167. The van der Waals surface area contributed by atoms with E-state index in [1.807, 2.05) is 0 Å². The first-order valence-electron chi connectivity index (χ1n) is 8.05. The molecule has 2 N–H and O–H groups in total. The second-order valence-electron chi connectivity index (χ2n) is 5.85. The number of benzene rings is 2. The molecule has 0 aromatic heterocycles. The lowest BCUT2D eigenvalue weighted by atomic mass is 10.1. The number of carbonyl (C=O) groups excluding carboxylic acids is 3. The van der Waals surface area contributed by atoms with Gasteiger partial charge in [0.2, 0.25) is 5.91 Å². The molecule has 1 heterocycles. The summed E-state index contributed by atoms with van der Waals surface area (Å²) in [5, 5.41) is 15.1. The van der Waals surface area contributed by atoms with E-state index in [4.69, 9.17) is 0 Å². The Hall–Kier alpha value is -3.20. The van der Waals surface area contributed by atoms with E-state index < -0.39 is 10.2 Å². The Morgan fingerprint density at radius 2 is 1.85 bits per heavy atom. The Morgan fingerprint density at radius 1 is 1.15 bits per heavy atom. The number of amides is 3. The van der Waals surface area contributed by atoms with Crippen LogP contribution in [0.1, 0.15) is 21.5 Å². The molecule has 1 saturated heterocycles. The summed E-state index contributed by atoms with van der Waals surface area (Å²) in [4.78, 5) is 45.6. The van der Waals surface area contributed by atoms with Crippen molar-refractivity contribution in [2.75, 3.05) is 0 Å². The summed E-state index contributed by atoms with van der Waals surface area (Å²) in [6.07, 6.45) is 0.389. The minimum absolute atomic E-state index is 0.0404. The maximum Gasteiger partial charge on any atom is 0.286 e. The van der Waals surface area contributed by atoms with Gasteiger partial charge in [-0.15, -0.1) is 0 Å². The predicted octanol–water partition coefficient (Wildman–Crippen LogP) is 2.42. The van der Waals surface area contributed by atoms with Crippen molar-refractivity contribution in [1.82, 2.24) is 10.6 Å². The molecule has 0 radical (unpaired) electrons. The Kier molecular flexibility index (Phi) is 5.51. The Balaban J connectivity index is 1.60. The summed E-state index contributed by atoms with van der Waals surface area (Å²) in [7, 11) is 0. The van der Waals surface area contributed by atoms with Crippen LogP contribution < -0.4 is 10.6 Å². The molecule has 2 aromatic rings. The molecular formula is C18H15N3O5S. The van der Waals surface area contributed by atoms with E-state index in [0.29, 0.717) is 17.5 Å². The number of carbonyl (C=O) groups is 3. The van der Waals surface area contributed by atoms with Crippen molar-refractivity contribution in [3.8, 4) is 0 Å². The normalized spacial score (nSPS) is 16.1. The van der Waals surface area contributed by atoms with Gasteiger partial charge in [-0.25, -0.2) is 0 Å². The highest BCUT2D eigenvalue weighted by atomic mass is 32.2. The van der Waals surface area contributed by atoms with E-state index in [-0.39, 0.29) is 29.3 Å². The third-order valence-corrected chi connectivity index (χ3v) is 5.01. The molecule has 3 rings (SSSR count). The van der Waals surface area contributed by atoms with E-state index in [1.54, 1.807) is 42.5 Å². The van der Waals surface area contributed by atoms with Crippen LogP contribution >= 0.6 is 11.8 Å². The molecule has 9 heteroatoms. The zero-order valence-corrected chi connectivity index (χ0v) is 14.8. The van der Waals surface area contributed by atoms with Gasteiger partial charge in [0.1, 0.15) is 0 Å². The van der Waals surface area contributed by atoms with E-state index in [9.17, 15) is 24.5 Å². The Bertz CT molecular complexity index is 913. The second kappa shape index (κ2) is 8.00. The quantitative estimate of drug-likeness (QED) is 0.582. The second-order valence-corrected chi connectivity index (χ2v) is 7.03. The fourth-order valence-corrected chi connectivity index (χ4v) is 3.51. The number of nitro benzene ring substituents is 1. The number of imide groups is 1. The molecule has 1 aliphatic heterocycles. The van der Waals surface area contributed by atoms with E-state index in [1.165, 1.54) is 6.07 Å². The SMILES string of the molecule is O=C1NC(=O)C(Cc2ccc(C(=O)NCc3ccccc3[N+](=O)[O-])cc2)S1. The van der Waals surface area contributed by atoms with Gasteiger partial charge >= 0.3 is 0 Å². The average molecular weight is 385 g/mol. The van der Waals surface area contributed by atoms with Crippen LogP contribution in [0.3, 0.4) is 0 Å². The van der Waals surface area contributed by atoms with Crippen molar-refractivity contribution in [2.24, 2.45) is 0 Å². The predicted molar refractivity (Wildman–Crippen MR) is 99.3 cm³/mol. The third-order valence-electron chi connectivity index (χ3n) is 4.03. The first kappa shape index (κ1) is 18.6. The number of nitrogens with zero attached hydrogens (tertiary/aromatic N) is 1. The molecule has 0 bridgehead atoms. The molecule has 1 atom stereocenters. The molecule has 2 aromatic carbocycles. The van der Waals surface area contributed by atoms with Gasteiger partial charge in [0.05, 0.1) is 10.2 Å². The Labute approximate surface area is 158 Å².